The Morgan fingerprint density at radius 3 is 2.45 bits per heavy atom. The van der Waals surface area contributed by atoms with Crippen LogP contribution in [0.25, 0.3) is 11.4 Å². The van der Waals surface area contributed by atoms with Crippen LogP contribution in [0.4, 0.5) is 13.2 Å². The van der Waals surface area contributed by atoms with Crippen molar-refractivity contribution >= 4 is 11.6 Å². The van der Waals surface area contributed by atoms with E-state index < -0.39 is 17.3 Å². The van der Waals surface area contributed by atoms with Crippen molar-refractivity contribution in [2.45, 2.75) is 25.6 Å². The summed E-state index contributed by atoms with van der Waals surface area (Å²) in [7, 11) is 1.57. The molecule has 3 aromatic rings. The molecule has 0 saturated carbocycles. The van der Waals surface area contributed by atoms with E-state index in [0.29, 0.717) is 10.8 Å². The Balaban J connectivity index is 2.03. The van der Waals surface area contributed by atoms with Crippen molar-refractivity contribution in [2.24, 2.45) is 7.05 Å². The maximum absolute atomic E-state index is 13.4. The molecule has 0 saturated heterocycles. The SMILES string of the molecule is Cn1c(-c2ccccc2C(F)(F)F)nnc1C(C)(C)Oc1ccc(Cl)cc1C#N. The van der Waals surface area contributed by atoms with Crippen LogP contribution < -0.4 is 4.74 Å². The highest BCUT2D eigenvalue weighted by molar-refractivity contribution is 6.30. The number of benzene rings is 2. The first-order valence-corrected chi connectivity index (χ1v) is 8.87. The smallest absolute Gasteiger partial charge is 0.417 e. The van der Waals surface area contributed by atoms with E-state index in [4.69, 9.17) is 16.3 Å². The predicted molar refractivity (Wildman–Crippen MR) is 101 cm³/mol. The Morgan fingerprint density at radius 2 is 1.79 bits per heavy atom. The van der Waals surface area contributed by atoms with E-state index in [1.54, 1.807) is 33.0 Å². The molecule has 1 heterocycles. The molecule has 0 aliphatic carbocycles. The van der Waals surface area contributed by atoms with Crippen LogP contribution in [0.5, 0.6) is 5.75 Å². The minimum absolute atomic E-state index is 0.0567. The van der Waals surface area contributed by atoms with E-state index in [-0.39, 0.29) is 22.7 Å². The largest absolute Gasteiger partial charge is 0.478 e. The maximum atomic E-state index is 13.4. The molecule has 0 fully saturated rings. The normalized spacial score (nSPS) is 11.9. The Morgan fingerprint density at radius 1 is 1.10 bits per heavy atom. The standard InChI is InChI=1S/C20H16ClF3N4O/c1-19(2,29-16-9-8-13(21)10-12(16)11-25)18-27-26-17(28(18)3)14-6-4-5-7-15(14)20(22,23)24/h4-10H,1-3H3. The second-order valence-electron chi connectivity index (χ2n) is 6.81. The zero-order valence-corrected chi connectivity index (χ0v) is 16.5. The highest BCUT2D eigenvalue weighted by Crippen LogP contribution is 2.37. The molecule has 0 aliphatic rings. The van der Waals surface area contributed by atoms with E-state index in [0.717, 1.165) is 6.07 Å². The molecule has 0 amide bonds. The second-order valence-corrected chi connectivity index (χ2v) is 7.25. The summed E-state index contributed by atoms with van der Waals surface area (Å²) >= 11 is 5.91. The average molecular weight is 421 g/mol. The van der Waals surface area contributed by atoms with E-state index >= 15 is 0 Å². The molecular weight excluding hydrogens is 405 g/mol. The highest BCUT2D eigenvalue weighted by atomic mass is 35.5. The fourth-order valence-electron chi connectivity index (χ4n) is 3.01. The molecule has 0 radical (unpaired) electrons. The van der Waals surface area contributed by atoms with Gasteiger partial charge in [0.15, 0.2) is 17.2 Å². The van der Waals surface area contributed by atoms with Gasteiger partial charge in [-0.25, -0.2) is 0 Å². The number of nitrogens with zero attached hydrogens (tertiary/aromatic N) is 4. The summed E-state index contributed by atoms with van der Waals surface area (Å²) in [5, 5.41) is 17.7. The first-order valence-electron chi connectivity index (χ1n) is 8.49. The molecule has 0 aliphatic heterocycles. The zero-order chi connectivity index (χ0) is 21.4. The Bertz CT molecular complexity index is 1100. The molecule has 0 N–H and O–H groups in total. The van der Waals surface area contributed by atoms with Crippen molar-refractivity contribution < 1.29 is 17.9 Å². The van der Waals surface area contributed by atoms with Gasteiger partial charge in [-0.1, -0.05) is 29.8 Å². The fourth-order valence-corrected chi connectivity index (χ4v) is 3.18. The van der Waals surface area contributed by atoms with E-state index in [1.807, 2.05) is 6.07 Å². The molecule has 5 nitrogen and oxygen atoms in total. The summed E-state index contributed by atoms with van der Waals surface area (Å²) < 4.78 is 47.6. The molecule has 9 heteroatoms. The lowest BCUT2D eigenvalue weighted by Gasteiger charge is -2.26. The summed E-state index contributed by atoms with van der Waals surface area (Å²) in [6.07, 6.45) is -4.53. The molecule has 29 heavy (non-hydrogen) atoms. The van der Waals surface area contributed by atoms with Gasteiger partial charge in [-0.05, 0) is 38.1 Å². The molecule has 0 unspecified atom stereocenters. The average Bonchev–Trinajstić information content (AvgIpc) is 3.04. The van der Waals surface area contributed by atoms with Gasteiger partial charge in [0.2, 0.25) is 0 Å². The summed E-state index contributed by atoms with van der Waals surface area (Å²) in [6.45, 7) is 3.37. The van der Waals surface area contributed by atoms with Crippen LogP contribution in [0.1, 0.15) is 30.8 Å². The number of hydrogen-bond donors (Lipinski definition) is 0. The third-order valence-corrected chi connectivity index (χ3v) is 4.55. The van der Waals surface area contributed by atoms with Gasteiger partial charge in [0.1, 0.15) is 11.8 Å². The molecule has 2 aromatic carbocycles. The number of alkyl halides is 3. The molecular formula is C20H16ClF3N4O. The summed E-state index contributed by atoms with van der Waals surface area (Å²) in [5.41, 5.74) is -1.74. The number of rotatable bonds is 4. The van der Waals surface area contributed by atoms with Gasteiger partial charge in [-0.2, -0.15) is 18.4 Å². The predicted octanol–water partition coefficient (Wildman–Crippen LogP) is 5.34. The van der Waals surface area contributed by atoms with Crippen LogP contribution >= 0.6 is 11.6 Å². The van der Waals surface area contributed by atoms with Crippen molar-refractivity contribution in [1.29, 1.82) is 5.26 Å². The minimum Gasteiger partial charge on any atom is -0.478 e. The Kier molecular flexibility index (Phi) is 5.28. The van der Waals surface area contributed by atoms with Crippen LogP contribution in [0.3, 0.4) is 0 Å². The van der Waals surface area contributed by atoms with Gasteiger partial charge in [0, 0.05) is 17.6 Å². The third kappa shape index (κ3) is 4.05. The fraction of sp³-hybridized carbons (Fsp3) is 0.250. The topological polar surface area (TPSA) is 63.7 Å². The van der Waals surface area contributed by atoms with E-state index in [9.17, 15) is 18.4 Å². The van der Waals surface area contributed by atoms with Crippen LogP contribution in [0.15, 0.2) is 42.5 Å². The first-order chi connectivity index (χ1) is 13.5. The van der Waals surface area contributed by atoms with Crippen molar-refractivity contribution in [3.63, 3.8) is 0 Å². The van der Waals surface area contributed by atoms with Gasteiger partial charge < -0.3 is 9.30 Å². The Labute approximate surface area is 170 Å². The zero-order valence-electron chi connectivity index (χ0n) is 15.8. The van der Waals surface area contributed by atoms with Gasteiger partial charge in [0.25, 0.3) is 0 Å². The van der Waals surface area contributed by atoms with Gasteiger partial charge in [-0.15, -0.1) is 10.2 Å². The van der Waals surface area contributed by atoms with Crippen molar-refractivity contribution in [3.05, 3.63) is 64.4 Å². The lowest BCUT2D eigenvalue weighted by molar-refractivity contribution is -0.137. The van der Waals surface area contributed by atoms with E-state index in [2.05, 4.69) is 10.2 Å². The maximum Gasteiger partial charge on any atom is 0.417 e. The van der Waals surface area contributed by atoms with Crippen LogP contribution in [0.2, 0.25) is 5.02 Å². The van der Waals surface area contributed by atoms with Gasteiger partial charge in [-0.3, -0.25) is 0 Å². The van der Waals surface area contributed by atoms with Crippen LogP contribution in [-0.2, 0) is 18.8 Å². The molecule has 0 bridgehead atoms. The highest BCUT2D eigenvalue weighted by Gasteiger charge is 2.36. The van der Waals surface area contributed by atoms with Crippen molar-refractivity contribution in [2.75, 3.05) is 0 Å². The van der Waals surface area contributed by atoms with E-state index in [1.165, 1.54) is 28.8 Å². The minimum atomic E-state index is -4.53. The summed E-state index contributed by atoms with van der Waals surface area (Å²) in [6, 6.07) is 11.8. The number of hydrogen-bond acceptors (Lipinski definition) is 4. The Hall–Kier alpha value is -3.05. The van der Waals surface area contributed by atoms with Crippen molar-refractivity contribution in [1.82, 2.24) is 14.8 Å². The van der Waals surface area contributed by atoms with Crippen LogP contribution in [0, 0.1) is 11.3 Å². The molecule has 1 aromatic heterocycles. The first kappa shape index (κ1) is 20.7. The summed E-state index contributed by atoms with van der Waals surface area (Å²) in [4.78, 5) is 0. The lowest BCUT2D eigenvalue weighted by Crippen LogP contribution is -2.29. The van der Waals surface area contributed by atoms with Gasteiger partial charge in [0.05, 0.1) is 11.1 Å². The second kappa shape index (κ2) is 7.41. The summed E-state index contributed by atoms with van der Waals surface area (Å²) in [5.74, 6) is 0.631. The third-order valence-electron chi connectivity index (χ3n) is 4.31. The number of halogens is 4. The molecule has 3 rings (SSSR count). The lowest BCUT2D eigenvalue weighted by atomic mass is 10.1. The molecule has 0 spiro atoms. The van der Waals surface area contributed by atoms with Gasteiger partial charge >= 0.3 is 6.18 Å². The number of ether oxygens (including phenoxy) is 1. The number of nitriles is 1. The van der Waals surface area contributed by atoms with Crippen molar-refractivity contribution in [3.8, 4) is 23.2 Å². The molecule has 0 atom stereocenters. The molecule has 150 valence electrons. The van der Waals surface area contributed by atoms with Crippen LogP contribution in [-0.4, -0.2) is 14.8 Å². The monoisotopic (exact) mass is 420 g/mol. The quantitative estimate of drug-likeness (QED) is 0.571. The number of aromatic nitrogens is 3.